The summed E-state index contributed by atoms with van der Waals surface area (Å²) in [6, 6.07) is 7.44. The van der Waals surface area contributed by atoms with E-state index in [1.54, 1.807) is 11.8 Å². The molecule has 0 saturated carbocycles. The van der Waals surface area contributed by atoms with E-state index in [2.05, 4.69) is 15.7 Å². The van der Waals surface area contributed by atoms with E-state index in [-0.39, 0.29) is 30.2 Å². The molecular weight excluding hydrogens is 316 g/mol. The molecule has 2 aromatic rings. The van der Waals surface area contributed by atoms with Gasteiger partial charge in [0.25, 0.3) is 0 Å². The highest BCUT2D eigenvalue weighted by atomic mass is 35.5. The van der Waals surface area contributed by atoms with Crippen LogP contribution in [-0.2, 0) is 11.8 Å². The molecule has 1 saturated heterocycles. The van der Waals surface area contributed by atoms with Crippen molar-refractivity contribution in [2.24, 2.45) is 13.0 Å². The van der Waals surface area contributed by atoms with Crippen LogP contribution in [0, 0.1) is 5.92 Å². The Hall–Kier alpha value is -2.05. The fraction of sp³-hybridized carbons (Fsp3) is 0.375. The van der Waals surface area contributed by atoms with E-state index in [4.69, 9.17) is 4.74 Å². The number of carbonyl (C=O) groups excluding carboxylic acids is 1. The summed E-state index contributed by atoms with van der Waals surface area (Å²) in [5, 5.41) is 10.5. The van der Waals surface area contributed by atoms with Crippen molar-refractivity contribution in [2.45, 2.75) is 5.92 Å². The number of rotatable bonds is 4. The van der Waals surface area contributed by atoms with Gasteiger partial charge in [0.05, 0.1) is 24.9 Å². The van der Waals surface area contributed by atoms with E-state index in [0.29, 0.717) is 18.0 Å². The fourth-order valence-corrected chi connectivity index (χ4v) is 2.91. The molecule has 0 radical (unpaired) electrons. The molecule has 1 aliphatic rings. The maximum Gasteiger partial charge on any atom is 0.229 e. The number of amides is 1. The quantitative estimate of drug-likeness (QED) is 0.893. The minimum Gasteiger partial charge on any atom is -0.495 e. The van der Waals surface area contributed by atoms with Crippen LogP contribution in [0.2, 0.25) is 0 Å². The second-order valence-corrected chi connectivity index (χ2v) is 5.51. The van der Waals surface area contributed by atoms with Crippen LogP contribution in [0.4, 0.5) is 5.69 Å². The Morgan fingerprint density at radius 2 is 2.17 bits per heavy atom. The molecule has 0 spiro atoms. The standard InChI is InChI=1S/C16H20N4O2.ClH/c1-20-10-11(7-18-20)12-8-17-9-13(12)16(21)19-14-5-3-4-6-15(14)22-2;/h3-7,10,12-13,17H,8-9H2,1-2H3,(H,19,21);1H/t12-,13+;/m1./s1. The van der Waals surface area contributed by atoms with Crippen molar-refractivity contribution < 1.29 is 9.53 Å². The van der Waals surface area contributed by atoms with Gasteiger partial charge in [0.2, 0.25) is 5.91 Å². The van der Waals surface area contributed by atoms with Crippen molar-refractivity contribution in [3.63, 3.8) is 0 Å². The van der Waals surface area contributed by atoms with Crippen molar-refractivity contribution in [1.29, 1.82) is 0 Å². The summed E-state index contributed by atoms with van der Waals surface area (Å²) < 4.78 is 7.05. The molecule has 2 heterocycles. The molecule has 0 bridgehead atoms. The van der Waals surface area contributed by atoms with Gasteiger partial charge in [0, 0.05) is 32.3 Å². The van der Waals surface area contributed by atoms with Crippen molar-refractivity contribution >= 4 is 24.0 Å². The normalized spacial score (nSPS) is 19.9. The first-order valence-electron chi connectivity index (χ1n) is 7.32. The van der Waals surface area contributed by atoms with E-state index in [1.807, 2.05) is 43.7 Å². The maximum absolute atomic E-state index is 12.6. The third kappa shape index (κ3) is 3.65. The Bertz CT molecular complexity index is 674. The van der Waals surface area contributed by atoms with Gasteiger partial charge in [-0.1, -0.05) is 12.1 Å². The molecule has 1 aliphatic heterocycles. The zero-order chi connectivity index (χ0) is 15.5. The Morgan fingerprint density at radius 1 is 1.39 bits per heavy atom. The largest absolute Gasteiger partial charge is 0.495 e. The highest BCUT2D eigenvalue weighted by Gasteiger charge is 2.34. The predicted octanol–water partition coefficient (Wildman–Crippen LogP) is 1.79. The van der Waals surface area contributed by atoms with Gasteiger partial charge in [-0.2, -0.15) is 5.10 Å². The van der Waals surface area contributed by atoms with Crippen LogP contribution in [0.5, 0.6) is 5.75 Å². The number of hydrogen-bond acceptors (Lipinski definition) is 4. The number of benzene rings is 1. The number of aryl methyl sites for hydroxylation is 1. The molecule has 1 aromatic heterocycles. The summed E-state index contributed by atoms with van der Waals surface area (Å²) in [4.78, 5) is 12.6. The predicted molar refractivity (Wildman–Crippen MR) is 91.2 cm³/mol. The SMILES string of the molecule is COc1ccccc1NC(=O)[C@H]1CNC[C@@H]1c1cnn(C)c1.Cl. The van der Waals surface area contributed by atoms with Gasteiger partial charge >= 0.3 is 0 Å². The Labute approximate surface area is 141 Å². The van der Waals surface area contributed by atoms with Crippen LogP contribution in [0.1, 0.15) is 11.5 Å². The van der Waals surface area contributed by atoms with Gasteiger partial charge < -0.3 is 15.4 Å². The van der Waals surface area contributed by atoms with Crippen LogP contribution >= 0.6 is 12.4 Å². The maximum atomic E-state index is 12.6. The number of methoxy groups -OCH3 is 1. The average molecular weight is 337 g/mol. The van der Waals surface area contributed by atoms with Crippen LogP contribution in [0.15, 0.2) is 36.7 Å². The molecule has 124 valence electrons. The van der Waals surface area contributed by atoms with Gasteiger partial charge in [-0.25, -0.2) is 0 Å². The van der Waals surface area contributed by atoms with E-state index >= 15 is 0 Å². The summed E-state index contributed by atoms with van der Waals surface area (Å²) in [5.41, 5.74) is 1.79. The van der Waals surface area contributed by atoms with Crippen molar-refractivity contribution in [1.82, 2.24) is 15.1 Å². The Morgan fingerprint density at radius 3 is 2.87 bits per heavy atom. The lowest BCUT2D eigenvalue weighted by Crippen LogP contribution is -2.28. The lowest BCUT2D eigenvalue weighted by atomic mass is 9.90. The first-order chi connectivity index (χ1) is 10.7. The summed E-state index contributed by atoms with van der Waals surface area (Å²) in [6.45, 7) is 1.45. The molecule has 6 nitrogen and oxygen atoms in total. The zero-order valence-electron chi connectivity index (χ0n) is 13.2. The van der Waals surface area contributed by atoms with E-state index < -0.39 is 0 Å². The first-order valence-corrected chi connectivity index (χ1v) is 7.32. The molecule has 3 rings (SSSR count). The third-order valence-electron chi connectivity index (χ3n) is 4.07. The average Bonchev–Trinajstić information content (AvgIpc) is 3.16. The number of aromatic nitrogens is 2. The van der Waals surface area contributed by atoms with Crippen LogP contribution < -0.4 is 15.4 Å². The summed E-state index contributed by atoms with van der Waals surface area (Å²) >= 11 is 0. The van der Waals surface area contributed by atoms with Crippen LogP contribution in [0.3, 0.4) is 0 Å². The van der Waals surface area contributed by atoms with Crippen molar-refractivity contribution in [3.05, 3.63) is 42.2 Å². The van der Waals surface area contributed by atoms with Crippen LogP contribution in [0.25, 0.3) is 0 Å². The topological polar surface area (TPSA) is 68.2 Å². The van der Waals surface area contributed by atoms with Gasteiger partial charge in [-0.15, -0.1) is 12.4 Å². The Kier molecular flexibility index (Phi) is 5.63. The molecule has 1 fully saturated rings. The smallest absolute Gasteiger partial charge is 0.229 e. The highest BCUT2D eigenvalue weighted by Crippen LogP contribution is 2.30. The number of nitrogens with one attached hydrogen (secondary N) is 2. The molecule has 1 aromatic carbocycles. The van der Waals surface area contributed by atoms with Gasteiger partial charge in [0.1, 0.15) is 5.75 Å². The van der Waals surface area contributed by atoms with E-state index in [1.165, 1.54) is 0 Å². The molecular formula is C16H21ClN4O2. The zero-order valence-corrected chi connectivity index (χ0v) is 14.0. The second-order valence-electron chi connectivity index (χ2n) is 5.51. The molecule has 2 N–H and O–H groups in total. The third-order valence-corrected chi connectivity index (χ3v) is 4.07. The van der Waals surface area contributed by atoms with Crippen molar-refractivity contribution in [3.8, 4) is 5.75 Å². The van der Waals surface area contributed by atoms with Crippen LogP contribution in [-0.4, -0.2) is 35.9 Å². The summed E-state index contributed by atoms with van der Waals surface area (Å²) in [5.74, 6) is 0.695. The number of carbonyl (C=O) groups is 1. The Balaban J connectivity index is 0.00000192. The number of ether oxygens (including phenoxy) is 1. The number of nitrogens with zero attached hydrogens (tertiary/aromatic N) is 2. The molecule has 7 heteroatoms. The first kappa shape index (κ1) is 17.3. The molecule has 0 unspecified atom stereocenters. The molecule has 2 atom stereocenters. The van der Waals surface area contributed by atoms with Crippen molar-refractivity contribution in [2.75, 3.05) is 25.5 Å². The lowest BCUT2D eigenvalue weighted by Gasteiger charge is -2.18. The molecule has 23 heavy (non-hydrogen) atoms. The van der Waals surface area contributed by atoms with Gasteiger partial charge in [-0.3, -0.25) is 9.48 Å². The van der Waals surface area contributed by atoms with Gasteiger partial charge in [-0.05, 0) is 17.7 Å². The highest BCUT2D eigenvalue weighted by molar-refractivity contribution is 5.95. The number of para-hydroxylation sites is 2. The van der Waals surface area contributed by atoms with Gasteiger partial charge in [0.15, 0.2) is 0 Å². The fourth-order valence-electron chi connectivity index (χ4n) is 2.91. The monoisotopic (exact) mass is 336 g/mol. The van der Waals surface area contributed by atoms with E-state index in [0.717, 1.165) is 12.1 Å². The second kappa shape index (κ2) is 7.48. The minimum atomic E-state index is -0.117. The lowest BCUT2D eigenvalue weighted by molar-refractivity contribution is -0.119. The molecule has 1 amide bonds. The molecule has 0 aliphatic carbocycles. The van der Waals surface area contributed by atoms with E-state index in [9.17, 15) is 4.79 Å². The summed E-state index contributed by atoms with van der Waals surface area (Å²) in [7, 11) is 3.48. The number of hydrogen-bond donors (Lipinski definition) is 2. The minimum absolute atomic E-state index is 0. The number of halogens is 1. The number of anilines is 1. The summed E-state index contributed by atoms with van der Waals surface area (Å²) in [6.07, 6.45) is 3.81.